The van der Waals surface area contributed by atoms with Gasteiger partial charge in [0.2, 0.25) is 10.0 Å². The molecular weight excluding hydrogens is 404 g/mol. The smallest absolute Gasteiger partial charge is 0.289 e. The maximum atomic E-state index is 12.9. The van der Waals surface area contributed by atoms with Gasteiger partial charge in [0.05, 0.1) is 20.9 Å². The second kappa shape index (κ2) is 7.16. The molecule has 0 bridgehead atoms. The summed E-state index contributed by atoms with van der Waals surface area (Å²) in [5.74, 6) is 0.999. The molecule has 1 aliphatic rings. The van der Waals surface area contributed by atoms with Crippen LogP contribution in [0.25, 0.3) is 11.0 Å². The van der Waals surface area contributed by atoms with Crippen LogP contribution in [0, 0.1) is 10.1 Å². The summed E-state index contributed by atoms with van der Waals surface area (Å²) < 4.78 is 27.1. The van der Waals surface area contributed by atoms with E-state index in [1.807, 2.05) is 24.3 Å². The number of nitrogens with zero attached hydrogens (tertiary/aromatic N) is 3. The molecular formula is C18H17ClN4O4S. The van der Waals surface area contributed by atoms with Crippen LogP contribution in [-0.2, 0) is 10.0 Å². The van der Waals surface area contributed by atoms with Gasteiger partial charge in [0, 0.05) is 25.1 Å². The van der Waals surface area contributed by atoms with Crippen LogP contribution in [0.5, 0.6) is 0 Å². The Balaban J connectivity index is 1.52. The predicted molar refractivity (Wildman–Crippen MR) is 105 cm³/mol. The molecule has 1 aliphatic heterocycles. The highest BCUT2D eigenvalue weighted by molar-refractivity contribution is 7.89. The standard InChI is InChI=1S/C18H17ClN4O4S/c19-14-6-5-13(11-17(14)23(24)25)28(26,27)22-9-7-12(8-10-22)18-20-15-3-1-2-4-16(15)21-18/h1-6,11-12H,7-10H2,(H,20,21). The Morgan fingerprint density at radius 1 is 1.18 bits per heavy atom. The molecule has 3 aromatic rings. The lowest BCUT2D eigenvalue weighted by Gasteiger charge is -2.30. The summed E-state index contributed by atoms with van der Waals surface area (Å²) in [6.45, 7) is 0.640. The van der Waals surface area contributed by atoms with Gasteiger partial charge in [-0.1, -0.05) is 23.7 Å². The zero-order chi connectivity index (χ0) is 19.9. The van der Waals surface area contributed by atoms with E-state index in [2.05, 4.69) is 9.97 Å². The molecule has 28 heavy (non-hydrogen) atoms. The zero-order valence-corrected chi connectivity index (χ0v) is 16.3. The molecule has 1 aromatic heterocycles. The number of aromatic amines is 1. The van der Waals surface area contributed by atoms with Crippen molar-refractivity contribution in [2.45, 2.75) is 23.7 Å². The Morgan fingerprint density at radius 3 is 2.57 bits per heavy atom. The van der Waals surface area contributed by atoms with Crippen LogP contribution >= 0.6 is 11.6 Å². The van der Waals surface area contributed by atoms with E-state index in [-0.39, 0.29) is 15.8 Å². The van der Waals surface area contributed by atoms with Crippen LogP contribution in [-0.4, -0.2) is 40.7 Å². The van der Waals surface area contributed by atoms with Crippen LogP contribution in [0.2, 0.25) is 5.02 Å². The normalized spacial score (nSPS) is 16.5. The first-order chi connectivity index (χ1) is 13.4. The Labute approximate surface area is 166 Å². The average Bonchev–Trinajstić information content (AvgIpc) is 3.12. The van der Waals surface area contributed by atoms with Gasteiger partial charge in [-0.2, -0.15) is 4.31 Å². The molecule has 2 aromatic carbocycles. The molecule has 1 fully saturated rings. The van der Waals surface area contributed by atoms with E-state index in [1.165, 1.54) is 16.4 Å². The van der Waals surface area contributed by atoms with Crippen molar-refractivity contribution in [3.8, 4) is 0 Å². The quantitative estimate of drug-likeness (QED) is 0.511. The number of hydrogen-bond donors (Lipinski definition) is 1. The van der Waals surface area contributed by atoms with Crippen molar-refractivity contribution in [1.29, 1.82) is 0 Å². The van der Waals surface area contributed by atoms with E-state index < -0.39 is 20.6 Å². The highest BCUT2D eigenvalue weighted by Crippen LogP contribution is 2.32. The summed E-state index contributed by atoms with van der Waals surface area (Å²) in [6, 6.07) is 11.3. The second-order valence-corrected chi connectivity index (χ2v) is 9.03. The molecule has 0 unspecified atom stereocenters. The largest absolute Gasteiger partial charge is 0.342 e. The summed E-state index contributed by atoms with van der Waals surface area (Å²) in [7, 11) is -3.83. The highest BCUT2D eigenvalue weighted by Gasteiger charge is 2.32. The number of piperidine rings is 1. The minimum atomic E-state index is -3.83. The number of nitro benzene ring substituents is 1. The number of halogens is 1. The number of nitro groups is 1. The molecule has 4 rings (SSSR count). The van der Waals surface area contributed by atoms with Gasteiger partial charge in [-0.25, -0.2) is 13.4 Å². The van der Waals surface area contributed by atoms with E-state index in [4.69, 9.17) is 11.6 Å². The first-order valence-electron chi connectivity index (χ1n) is 8.75. The minimum absolute atomic E-state index is 0.0902. The van der Waals surface area contributed by atoms with E-state index >= 15 is 0 Å². The Kier molecular flexibility index (Phi) is 4.82. The van der Waals surface area contributed by atoms with Gasteiger partial charge in [0.25, 0.3) is 5.69 Å². The fraction of sp³-hybridized carbons (Fsp3) is 0.278. The van der Waals surface area contributed by atoms with Crippen LogP contribution in [0.4, 0.5) is 5.69 Å². The van der Waals surface area contributed by atoms with Crippen LogP contribution in [0.3, 0.4) is 0 Å². The van der Waals surface area contributed by atoms with Crippen LogP contribution < -0.4 is 0 Å². The number of rotatable bonds is 4. The van der Waals surface area contributed by atoms with Crippen molar-refractivity contribution in [3.05, 3.63) is 63.4 Å². The predicted octanol–water partition coefficient (Wildman–Crippen LogP) is 3.69. The van der Waals surface area contributed by atoms with Gasteiger partial charge in [-0.15, -0.1) is 0 Å². The molecule has 0 aliphatic carbocycles. The van der Waals surface area contributed by atoms with Crippen molar-refractivity contribution < 1.29 is 13.3 Å². The van der Waals surface area contributed by atoms with E-state index in [9.17, 15) is 18.5 Å². The first kappa shape index (κ1) is 18.9. The summed E-state index contributed by atoms with van der Waals surface area (Å²) >= 11 is 5.79. The van der Waals surface area contributed by atoms with Crippen molar-refractivity contribution in [2.24, 2.45) is 0 Å². The monoisotopic (exact) mass is 420 g/mol. The summed E-state index contributed by atoms with van der Waals surface area (Å²) in [5, 5.41) is 11.0. The van der Waals surface area contributed by atoms with Crippen molar-refractivity contribution in [2.75, 3.05) is 13.1 Å². The number of H-pyrrole nitrogens is 1. The van der Waals surface area contributed by atoms with Gasteiger partial charge < -0.3 is 4.98 Å². The SMILES string of the molecule is O=[N+]([O-])c1cc(S(=O)(=O)N2CCC(c3nc4ccccc4[nH]3)CC2)ccc1Cl. The third kappa shape index (κ3) is 3.36. The number of hydrogen-bond acceptors (Lipinski definition) is 5. The summed E-state index contributed by atoms with van der Waals surface area (Å²) in [5.41, 5.74) is 1.43. The third-order valence-electron chi connectivity index (χ3n) is 5.00. The molecule has 0 radical (unpaired) electrons. The van der Waals surface area contributed by atoms with Crippen LogP contribution in [0.15, 0.2) is 47.4 Å². The molecule has 0 atom stereocenters. The summed E-state index contributed by atoms with van der Waals surface area (Å²) in [4.78, 5) is 18.2. The van der Waals surface area contributed by atoms with E-state index in [1.54, 1.807) is 0 Å². The number of aromatic nitrogens is 2. The fourth-order valence-electron chi connectivity index (χ4n) is 3.48. The molecule has 146 valence electrons. The minimum Gasteiger partial charge on any atom is -0.342 e. The van der Waals surface area contributed by atoms with Gasteiger partial charge in [-0.3, -0.25) is 10.1 Å². The molecule has 10 heteroatoms. The van der Waals surface area contributed by atoms with Gasteiger partial charge in [0.1, 0.15) is 10.8 Å². The lowest BCUT2D eigenvalue weighted by Crippen LogP contribution is -2.38. The number of benzene rings is 2. The second-order valence-electron chi connectivity index (χ2n) is 6.69. The molecule has 2 heterocycles. The van der Waals surface area contributed by atoms with E-state index in [0.717, 1.165) is 22.9 Å². The van der Waals surface area contributed by atoms with Gasteiger partial charge in [-0.05, 0) is 37.1 Å². The van der Waals surface area contributed by atoms with Gasteiger partial charge in [0.15, 0.2) is 0 Å². The average molecular weight is 421 g/mol. The van der Waals surface area contributed by atoms with Crippen molar-refractivity contribution in [3.63, 3.8) is 0 Å². The highest BCUT2D eigenvalue weighted by atomic mass is 35.5. The molecule has 8 nitrogen and oxygen atoms in total. The number of imidazole rings is 1. The molecule has 0 amide bonds. The van der Waals surface area contributed by atoms with Crippen LogP contribution in [0.1, 0.15) is 24.6 Å². The van der Waals surface area contributed by atoms with Gasteiger partial charge >= 0.3 is 0 Å². The topological polar surface area (TPSA) is 109 Å². The molecule has 1 saturated heterocycles. The lowest BCUT2D eigenvalue weighted by atomic mass is 9.97. The first-order valence-corrected chi connectivity index (χ1v) is 10.6. The summed E-state index contributed by atoms with van der Waals surface area (Å²) in [6.07, 6.45) is 1.24. The molecule has 0 spiro atoms. The number of sulfonamides is 1. The third-order valence-corrected chi connectivity index (χ3v) is 7.21. The zero-order valence-electron chi connectivity index (χ0n) is 14.7. The number of para-hydroxylation sites is 2. The van der Waals surface area contributed by atoms with Crippen molar-refractivity contribution >= 4 is 38.3 Å². The Bertz CT molecular complexity index is 1120. The number of nitrogens with one attached hydrogen (secondary N) is 1. The Morgan fingerprint density at radius 2 is 1.89 bits per heavy atom. The van der Waals surface area contributed by atoms with E-state index in [0.29, 0.717) is 25.9 Å². The van der Waals surface area contributed by atoms with Crippen molar-refractivity contribution in [1.82, 2.24) is 14.3 Å². The maximum Gasteiger partial charge on any atom is 0.289 e. The maximum absolute atomic E-state index is 12.9. The molecule has 1 N–H and O–H groups in total. The Hall–Kier alpha value is -2.49. The lowest BCUT2D eigenvalue weighted by molar-refractivity contribution is -0.384. The molecule has 0 saturated carbocycles. The number of fused-ring (bicyclic) bond motifs is 1. The fourth-order valence-corrected chi connectivity index (χ4v) is 5.15.